The molecule has 0 amide bonds. The normalized spacial score (nSPS) is 25.7. The van der Waals surface area contributed by atoms with Gasteiger partial charge >= 0.3 is 0 Å². The smallest absolute Gasteiger partial charge is 0.251 e. The Kier molecular flexibility index (Phi) is 1.87. The van der Waals surface area contributed by atoms with Crippen molar-refractivity contribution in [1.29, 1.82) is 0 Å². The fourth-order valence-corrected chi connectivity index (χ4v) is 1.42. The third kappa shape index (κ3) is 1.59. The van der Waals surface area contributed by atoms with Gasteiger partial charge in [-0.3, -0.25) is 9.36 Å². The van der Waals surface area contributed by atoms with E-state index in [1.807, 2.05) is 6.07 Å². The first kappa shape index (κ1) is 8.35. The molecular formula is C10H14N2O. The number of hydrogen-bond donors (Lipinski definition) is 1. The van der Waals surface area contributed by atoms with E-state index < -0.39 is 0 Å². The van der Waals surface area contributed by atoms with Gasteiger partial charge in [-0.05, 0) is 18.4 Å². The summed E-state index contributed by atoms with van der Waals surface area (Å²) in [4.78, 5) is 11.2. The minimum Gasteiger partial charge on any atom is -0.368 e. The Morgan fingerprint density at radius 2 is 2.23 bits per heavy atom. The predicted octanol–water partition coefficient (Wildman–Crippen LogP) is 1.21. The summed E-state index contributed by atoms with van der Waals surface area (Å²) in [6.07, 6.45) is 1.21. The molecule has 1 N–H and O–H groups in total. The summed E-state index contributed by atoms with van der Waals surface area (Å²) in [5.41, 5.74) is 0.0401. The monoisotopic (exact) mass is 178 g/mol. The lowest BCUT2D eigenvalue weighted by Crippen LogP contribution is -2.20. The molecule has 1 aromatic rings. The Hall–Kier alpha value is -1.25. The van der Waals surface area contributed by atoms with Gasteiger partial charge in [0.2, 0.25) is 0 Å². The molecule has 70 valence electrons. The van der Waals surface area contributed by atoms with E-state index in [1.165, 1.54) is 6.42 Å². The minimum absolute atomic E-state index is 0.0401. The van der Waals surface area contributed by atoms with Crippen LogP contribution in [0, 0.1) is 5.92 Å². The van der Waals surface area contributed by atoms with Crippen molar-refractivity contribution < 1.29 is 0 Å². The maximum atomic E-state index is 11.2. The van der Waals surface area contributed by atoms with Gasteiger partial charge in [0, 0.05) is 19.2 Å². The highest BCUT2D eigenvalue weighted by atomic mass is 16.1. The minimum atomic E-state index is 0.0401. The standard InChI is InChI=1S/C10H14N2O/c1-7-6-8(7)11-9-4-3-5-10(13)12(9)2/h3-5,7-8,11H,6H2,1-2H3. The number of aromatic nitrogens is 1. The number of pyridine rings is 1. The number of rotatable bonds is 2. The number of nitrogens with one attached hydrogen (secondary N) is 1. The van der Waals surface area contributed by atoms with Crippen molar-refractivity contribution >= 4 is 5.82 Å². The molecule has 3 nitrogen and oxygen atoms in total. The van der Waals surface area contributed by atoms with Crippen LogP contribution in [-0.4, -0.2) is 10.6 Å². The van der Waals surface area contributed by atoms with E-state index >= 15 is 0 Å². The van der Waals surface area contributed by atoms with Crippen molar-refractivity contribution in [1.82, 2.24) is 4.57 Å². The molecule has 1 heterocycles. The van der Waals surface area contributed by atoms with E-state index in [-0.39, 0.29) is 5.56 Å². The van der Waals surface area contributed by atoms with Gasteiger partial charge in [0.1, 0.15) is 5.82 Å². The lowest BCUT2D eigenvalue weighted by atomic mass is 10.4. The van der Waals surface area contributed by atoms with Crippen molar-refractivity contribution in [3.05, 3.63) is 28.6 Å². The average molecular weight is 178 g/mol. The Balaban J connectivity index is 2.20. The summed E-state index contributed by atoms with van der Waals surface area (Å²) in [5, 5.41) is 3.34. The van der Waals surface area contributed by atoms with Gasteiger partial charge < -0.3 is 5.32 Å². The summed E-state index contributed by atoms with van der Waals surface area (Å²) in [5.74, 6) is 1.66. The Morgan fingerprint density at radius 1 is 1.54 bits per heavy atom. The van der Waals surface area contributed by atoms with Crippen molar-refractivity contribution in [2.24, 2.45) is 13.0 Å². The van der Waals surface area contributed by atoms with Crippen molar-refractivity contribution in [2.75, 3.05) is 5.32 Å². The first-order valence-electron chi connectivity index (χ1n) is 4.61. The van der Waals surface area contributed by atoms with E-state index in [9.17, 15) is 4.79 Å². The molecular weight excluding hydrogens is 164 g/mol. The second-order valence-corrected chi connectivity index (χ2v) is 3.77. The van der Waals surface area contributed by atoms with Gasteiger partial charge in [-0.25, -0.2) is 0 Å². The predicted molar refractivity (Wildman–Crippen MR) is 52.9 cm³/mol. The molecule has 13 heavy (non-hydrogen) atoms. The largest absolute Gasteiger partial charge is 0.368 e. The molecule has 1 fully saturated rings. The summed E-state index contributed by atoms with van der Waals surface area (Å²) in [7, 11) is 1.79. The number of anilines is 1. The molecule has 0 spiro atoms. The van der Waals surface area contributed by atoms with Crippen LogP contribution in [0.4, 0.5) is 5.82 Å². The van der Waals surface area contributed by atoms with E-state index in [4.69, 9.17) is 0 Å². The first-order chi connectivity index (χ1) is 6.18. The highest BCUT2D eigenvalue weighted by Gasteiger charge is 2.32. The average Bonchev–Trinajstić information content (AvgIpc) is 2.77. The van der Waals surface area contributed by atoms with Crippen LogP contribution in [0.1, 0.15) is 13.3 Å². The molecule has 1 aliphatic rings. The summed E-state index contributed by atoms with van der Waals surface area (Å²) < 4.78 is 1.64. The van der Waals surface area contributed by atoms with Crippen LogP contribution in [-0.2, 0) is 7.05 Å². The Labute approximate surface area is 77.4 Å². The van der Waals surface area contributed by atoms with Gasteiger partial charge in [0.05, 0.1) is 0 Å². The van der Waals surface area contributed by atoms with Crippen LogP contribution in [0.5, 0.6) is 0 Å². The molecule has 0 aromatic carbocycles. The van der Waals surface area contributed by atoms with Gasteiger partial charge in [0.15, 0.2) is 0 Å². The zero-order valence-electron chi connectivity index (χ0n) is 7.95. The quantitative estimate of drug-likeness (QED) is 0.738. The topological polar surface area (TPSA) is 34.0 Å². The fraction of sp³-hybridized carbons (Fsp3) is 0.500. The molecule has 0 bridgehead atoms. The molecule has 0 radical (unpaired) electrons. The van der Waals surface area contributed by atoms with Crippen LogP contribution in [0.25, 0.3) is 0 Å². The van der Waals surface area contributed by atoms with E-state index in [1.54, 1.807) is 23.7 Å². The third-order valence-electron chi connectivity index (χ3n) is 2.63. The fourth-order valence-electron chi connectivity index (χ4n) is 1.42. The zero-order valence-corrected chi connectivity index (χ0v) is 7.95. The maximum Gasteiger partial charge on any atom is 0.251 e. The van der Waals surface area contributed by atoms with E-state index in [0.717, 1.165) is 11.7 Å². The van der Waals surface area contributed by atoms with Crippen molar-refractivity contribution in [3.63, 3.8) is 0 Å². The van der Waals surface area contributed by atoms with Gasteiger partial charge in [-0.15, -0.1) is 0 Å². The van der Waals surface area contributed by atoms with Crippen molar-refractivity contribution in [3.8, 4) is 0 Å². The highest BCUT2D eigenvalue weighted by Crippen LogP contribution is 2.32. The van der Waals surface area contributed by atoms with E-state index in [2.05, 4.69) is 12.2 Å². The van der Waals surface area contributed by atoms with Crippen molar-refractivity contribution in [2.45, 2.75) is 19.4 Å². The number of hydrogen-bond acceptors (Lipinski definition) is 2. The molecule has 2 atom stereocenters. The Morgan fingerprint density at radius 3 is 2.85 bits per heavy atom. The lowest BCUT2D eigenvalue weighted by molar-refractivity contribution is 0.839. The van der Waals surface area contributed by atoms with Gasteiger partial charge in [0.25, 0.3) is 5.56 Å². The van der Waals surface area contributed by atoms with Gasteiger partial charge in [-0.2, -0.15) is 0 Å². The third-order valence-corrected chi connectivity index (χ3v) is 2.63. The molecule has 0 saturated heterocycles. The van der Waals surface area contributed by atoms with Crippen LogP contribution in [0.15, 0.2) is 23.0 Å². The number of nitrogens with zero attached hydrogens (tertiary/aromatic N) is 1. The zero-order chi connectivity index (χ0) is 9.42. The van der Waals surface area contributed by atoms with Crippen LogP contribution >= 0.6 is 0 Å². The molecule has 0 aliphatic heterocycles. The molecule has 2 rings (SSSR count). The SMILES string of the molecule is CC1CC1Nc1cccc(=O)n1C. The molecule has 1 aromatic heterocycles. The maximum absolute atomic E-state index is 11.2. The second-order valence-electron chi connectivity index (χ2n) is 3.77. The molecule has 1 aliphatic carbocycles. The molecule has 1 saturated carbocycles. The second kappa shape index (κ2) is 2.91. The summed E-state index contributed by atoms with van der Waals surface area (Å²) in [6, 6.07) is 5.86. The molecule has 2 unspecified atom stereocenters. The van der Waals surface area contributed by atoms with Crippen LogP contribution in [0.3, 0.4) is 0 Å². The highest BCUT2D eigenvalue weighted by molar-refractivity contribution is 5.38. The van der Waals surface area contributed by atoms with Crippen LogP contribution in [0.2, 0.25) is 0 Å². The van der Waals surface area contributed by atoms with Crippen LogP contribution < -0.4 is 10.9 Å². The first-order valence-corrected chi connectivity index (χ1v) is 4.61. The lowest BCUT2D eigenvalue weighted by Gasteiger charge is -2.09. The van der Waals surface area contributed by atoms with E-state index in [0.29, 0.717) is 6.04 Å². The molecule has 3 heteroatoms. The van der Waals surface area contributed by atoms with Gasteiger partial charge in [-0.1, -0.05) is 13.0 Å². The summed E-state index contributed by atoms with van der Waals surface area (Å²) >= 11 is 0. The summed E-state index contributed by atoms with van der Waals surface area (Å²) in [6.45, 7) is 2.21. The Bertz CT molecular complexity index is 369.